The Morgan fingerprint density at radius 3 is 2.00 bits per heavy atom. The maximum absolute atomic E-state index is 11.4. The maximum Gasteiger partial charge on any atom is 0.308 e. The number of nitrogens with zero attached hydrogens (tertiary/aromatic N) is 1. The number of aromatic nitrogens is 1. The molecule has 0 radical (unpaired) electrons. The standard InChI is InChI=1S/C23H19NO2/c1-17(25)26-22-14-8-13-21-20(22)15-16-24(21)23(18-9-4-2-5-10-18)19-11-6-3-7-12-19/h2-16,23H,1H3. The van der Waals surface area contributed by atoms with Crippen LogP contribution in [-0.4, -0.2) is 10.5 Å². The van der Waals surface area contributed by atoms with E-state index in [9.17, 15) is 4.79 Å². The summed E-state index contributed by atoms with van der Waals surface area (Å²) in [6.07, 6.45) is 2.06. The summed E-state index contributed by atoms with van der Waals surface area (Å²) in [5, 5.41) is 0.930. The van der Waals surface area contributed by atoms with E-state index in [1.807, 2.05) is 30.3 Å². The van der Waals surface area contributed by atoms with Gasteiger partial charge >= 0.3 is 5.97 Å². The van der Waals surface area contributed by atoms with Gasteiger partial charge in [-0.1, -0.05) is 66.7 Å². The van der Waals surface area contributed by atoms with Crippen LogP contribution in [0.2, 0.25) is 0 Å². The number of hydrogen-bond donors (Lipinski definition) is 0. The fraction of sp³-hybridized carbons (Fsp3) is 0.0870. The van der Waals surface area contributed by atoms with E-state index in [2.05, 4.69) is 65.4 Å². The predicted octanol–water partition coefficient (Wildman–Crippen LogP) is 5.20. The molecule has 0 fully saturated rings. The van der Waals surface area contributed by atoms with Crippen LogP contribution >= 0.6 is 0 Å². The molecule has 128 valence electrons. The number of hydrogen-bond acceptors (Lipinski definition) is 2. The highest BCUT2D eigenvalue weighted by Crippen LogP contribution is 2.34. The summed E-state index contributed by atoms with van der Waals surface area (Å²) < 4.78 is 7.61. The van der Waals surface area contributed by atoms with Crippen molar-refractivity contribution in [3.8, 4) is 5.75 Å². The molecule has 0 N–H and O–H groups in total. The Balaban J connectivity index is 1.91. The molecule has 0 saturated carbocycles. The lowest BCUT2D eigenvalue weighted by molar-refractivity contribution is -0.131. The van der Waals surface area contributed by atoms with Gasteiger partial charge < -0.3 is 9.30 Å². The molecular weight excluding hydrogens is 322 g/mol. The second-order valence-corrected chi connectivity index (χ2v) is 6.23. The molecule has 3 heteroatoms. The fourth-order valence-electron chi connectivity index (χ4n) is 3.41. The topological polar surface area (TPSA) is 31.2 Å². The lowest BCUT2D eigenvalue weighted by atomic mass is 9.98. The zero-order chi connectivity index (χ0) is 17.9. The van der Waals surface area contributed by atoms with E-state index in [1.54, 1.807) is 0 Å². The summed E-state index contributed by atoms with van der Waals surface area (Å²) in [7, 11) is 0. The number of rotatable bonds is 4. The Bertz CT molecular complexity index is 996. The maximum atomic E-state index is 11.4. The molecule has 0 aliphatic heterocycles. The normalized spacial score (nSPS) is 11.0. The van der Waals surface area contributed by atoms with E-state index in [-0.39, 0.29) is 12.0 Å². The number of ether oxygens (including phenoxy) is 1. The molecule has 0 saturated heterocycles. The van der Waals surface area contributed by atoms with E-state index < -0.39 is 0 Å². The zero-order valence-electron chi connectivity index (χ0n) is 14.5. The number of fused-ring (bicyclic) bond motifs is 1. The van der Waals surface area contributed by atoms with Crippen molar-refractivity contribution in [3.63, 3.8) is 0 Å². The highest BCUT2D eigenvalue weighted by Gasteiger charge is 2.19. The van der Waals surface area contributed by atoms with Gasteiger partial charge in [0.15, 0.2) is 0 Å². The third-order valence-electron chi connectivity index (χ3n) is 4.49. The van der Waals surface area contributed by atoms with Gasteiger partial charge in [0.05, 0.1) is 11.6 Å². The minimum absolute atomic E-state index is 0.0440. The molecule has 0 bridgehead atoms. The van der Waals surface area contributed by atoms with Gasteiger partial charge in [0, 0.05) is 18.5 Å². The minimum Gasteiger partial charge on any atom is -0.426 e. The van der Waals surface area contributed by atoms with Crippen molar-refractivity contribution in [2.24, 2.45) is 0 Å². The van der Waals surface area contributed by atoms with Crippen LogP contribution in [0.15, 0.2) is 91.1 Å². The van der Waals surface area contributed by atoms with Crippen LogP contribution in [0, 0.1) is 0 Å². The van der Waals surface area contributed by atoms with Gasteiger partial charge in [0.2, 0.25) is 0 Å². The summed E-state index contributed by atoms with van der Waals surface area (Å²) in [4.78, 5) is 11.4. The Hall–Kier alpha value is -3.33. The van der Waals surface area contributed by atoms with Gasteiger partial charge in [-0.2, -0.15) is 0 Å². The van der Waals surface area contributed by atoms with Gasteiger partial charge in [-0.3, -0.25) is 4.79 Å². The molecule has 0 spiro atoms. The molecular formula is C23H19NO2. The van der Waals surface area contributed by atoms with Crippen LogP contribution in [0.25, 0.3) is 10.9 Å². The third kappa shape index (κ3) is 3.00. The van der Waals surface area contributed by atoms with E-state index in [4.69, 9.17) is 4.74 Å². The predicted molar refractivity (Wildman–Crippen MR) is 103 cm³/mol. The van der Waals surface area contributed by atoms with Crippen LogP contribution in [0.1, 0.15) is 24.1 Å². The summed E-state index contributed by atoms with van der Waals surface area (Å²) in [6, 6.07) is 28.7. The molecule has 1 heterocycles. The molecule has 3 aromatic carbocycles. The molecule has 0 aliphatic carbocycles. The van der Waals surface area contributed by atoms with Gasteiger partial charge in [0.25, 0.3) is 0 Å². The first-order valence-electron chi connectivity index (χ1n) is 8.62. The number of benzene rings is 3. The summed E-state index contributed by atoms with van der Waals surface area (Å²) in [5.74, 6) is 0.279. The Labute approximate surface area is 152 Å². The Morgan fingerprint density at radius 1 is 0.808 bits per heavy atom. The van der Waals surface area contributed by atoms with Gasteiger partial charge in [-0.05, 0) is 29.3 Å². The second-order valence-electron chi connectivity index (χ2n) is 6.23. The second kappa shape index (κ2) is 6.89. The van der Waals surface area contributed by atoms with E-state index in [0.29, 0.717) is 5.75 Å². The monoisotopic (exact) mass is 341 g/mol. The first kappa shape index (κ1) is 16.2. The fourth-order valence-corrected chi connectivity index (χ4v) is 3.41. The van der Waals surface area contributed by atoms with Crippen molar-refractivity contribution in [2.45, 2.75) is 13.0 Å². The Kier molecular flexibility index (Phi) is 4.28. The van der Waals surface area contributed by atoms with Crippen molar-refractivity contribution in [2.75, 3.05) is 0 Å². The van der Waals surface area contributed by atoms with Crippen LogP contribution < -0.4 is 4.74 Å². The van der Waals surface area contributed by atoms with Crippen LogP contribution in [0.4, 0.5) is 0 Å². The molecule has 0 amide bonds. The molecule has 0 aliphatic rings. The van der Waals surface area contributed by atoms with Gasteiger partial charge in [-0.25, -0.2) is 0 Å². The molecule has 4 aromatic rings. The molecule has 0 unspecified atom stereocenters. The highest BCUT2D eigenvalue weighted by molar-refractivity contribution is 5.89. The van der Waals surface area contributed by atoms with Crippen LogP contribution in [-0.2, 0) is 4.79 Å². The average molecular weight is 341 g/mol. The largest absolute Gasteiger partial charge is 0.426 e. The summed E-state index contributed by atoms with van der Waals surface area (Å²) >= 11 is 0. The number of carbonyl (C=O) groups is 1. The van der Waals surface area contributed by atoms with Crippen molar-refractivity contribution >= 4 is 16.9 Å². The minimum atomic E-state index is -0.312. The van der Waals surface area contributed by atoms with E-state index in [0.717, 1.165) is 10.9 Å². The van der Waals surface area contributed by atoms with Crippen molar-refractivity contribution in [3.05, 3.63) is 102 Å². The van der Waals surface area contributed by atoms with Crippen molar-refractivity contribution < 1.29 is 9.53 Å². The summed E-state index contributed by atoms with van der Waals surface area (Å²) in [6.45, 7) is 1.42. The first-order valence-corrected chi connectivity index (χ1v) is 8.62. The van der Waals surface area contributed by atoms with Crippen LogP contribution in [0.5, 0.6) is 5.75 Å². The van der Waals surface area contributed by atoms with Gasteiger partial charge in [-0.15, -0.1) is 0 Å². The Morgan fingerprint density at radius 2 is 1.42 bits per heavy atom. The number of esters is 1. The third-order valence-corrected chi connectivity index (χ3v) is 4.49. The molecule has 1 aromatic heterocycles. The molecule has 0 atom stereocenters. The average Bonchev–Trinajstić information content (AvgIpc) is 3.08. The van der Waals surface area contributed by atoms with E-state index in [1.165, 1.54) is 18.1 Å². The smallest absolute Gasteiger partial charge is 0.308 e. The van der Waals surface area contributed by atoms with Crippen LogP contribution in [0.3, 0.4) is 0 Å². The zero-order valence-corrected chi connectivity index (χ0v) is 14.5. The molecule has 26 heavy (non-hydrogen) atoms. The molecule has 3 nitrogen and oxygen atoms in total. The SMILES string of the molecule is CC(=O)Oc1cccc2c1ccn2C(c1ccccc1)c1ccccc1. The quantitative estimate of drug-likeness (QED) is 0.377. The highest BCUT2D eigenvalue weighted by atomic mass is 16.5. The molecule has 4 rings (SSSR count). The number of carbonyl (C=O) groups excluding carboxylic acids is 1. The van der Waals surface area contributed by atoms with Crippen molar-refractivity contribution in [1.82, 2.24) is 4.57 Å². The van der Waals surface area contributed by atoms with Gasteiger partial charge in [0.1, 0.15) is 5.75 Å². The summed E-state index contributed by atoms with van der Waals surface area (Å²) in [5.41, 5.74) is 3.43. The lowest BCUT2D eigenvalue weighted by Crippen LogP contribution is -2.11. The lowest BCUT2D eigenvalue weighted by Gasteiger charge is -2.21. The van der Waals surface area contributed by atoms with E-state index >= 15 is 0 Å². The van der Waals surface area contributed by atoms with Crippen molar-refractivity contribution in [1.29, 1.82) is 0 Å². The first-order chi connectivity index (χ1) is 12.7.